The van der Waals surface area contributed by atoms with Gasteiger partial charge in [-0.05, 0) is 44.2 Å². The summed E-state index contributed by atoms with van der Waals surface area (Å²) in [5.41, 5.74) is -1.01. The molecule has 1 aliphatic heterocycles. The number of carboxylic acid groups (broad SMARTS) is 1. The number of aliphatic carboxylic acids is 1. The van der Waals surface area contributed by atoms with Crippen LogP contribution in [0, 0.1) is 11.8 Å². The number of halogens is 4. The molecule has 3 aliphatic rings. The number of hydrogen-bond acceptors (Lipinski definition) is 7. The van der Waals surface area contributed by atoms with Gasteiger partial charge in [-0.3, -0.25) is 9.36 Å². The van der Waals surface area contributed by atoms with Crippen molar-refractivity contribution in [2.24, 2.45) is 16.8 Å². The van der Waals surface area contributed by atoms with Crippen molar-refractivity contribution in [1.29, 1.82) is 0 Å². The van der Waals surface area contributed by atoms with Crippen LogP contribution in [0.15, 0.2) is 16.5 Å². The van der Waals surface area contributed by atoms with Crippen LogP contribution in [0.5, 0.6) is 11.8 Å². The summed E-state index contributed by atoms with van der Waals surface area (Å²) >= 11 is 0. The van der Waals surface area contributed by atoms with Crippen LogP contribution >= 0.6 is 0 Å². The van der Waals surface area contributed by atoms with E-state index >= 15 is 0 Å². The molecule has 0 saturated heterocycles. The highest BCUT2D eigenvalue weighted by atomic mass is 19.4. The summed E-state index contributed by atoms with van der Waals surface area (Å²) in [7, 11) is 2.40. The van der Waals surface area contributed by atoms with Crippen LogP contribution in [0.3, 0.4) is 0 Å². The fraction of sp³-hybridized carbons (Fsp3) is 0.591. The molecule has 4 N–H and O–H groups in total. The molecule has 2 aliphatic carbocycles. The number of aromatic hydroxyl groups is 2. The van der Waals surface area contributed by atoms with Crippen LogP contribution in [-0.4, -0.2) is 63.9 Å². The van der Waals surface area contributed by atoms with Gasteiger partial charge < -0.3 is 25.4 Å². The molecule has 9 nitrogen and oxygen atoms in total. The molecule has 1 fully saturated rings. The van der Waals surface area contributed by atoms with Gasteiger partial charge in [0.15, 0.2) is 11.8 Å². The number of aromatic nitrogens is 1. The molecular formula is C22H25F4N3O6. The highest BCUT2D eigenvalue weighted by molar-refractivity contribution is 6.38. The van der Waals surface area contributed by atoms with Gasteiger partial charge >= 0.3 is 18.1 Å². The van der Waals surface area contributed by atoms with Crippen LogP contribution in [0.1, 0.15) is 48.6 Å². The minimum atomic E-state index is -4.93. The van der Waals surface area contributed by atoms with Gasteiger partial charge in [-0.15, -0.1) is 0 Å². The lowest BCUT2D eigenvalue weighted by Crippen LogP contribution is -2.45. The Bertz CT molecular complexity index is 1130. The van der Waals surface area contributed by atoms with E-state index < -0.39 is 65.4 Å². The van der Waals surface area contributed by atoms with Crippen molar-refractivity contribution < 1.29 is 47.2 Å². The SMILES string of the molecule is CNC(CCCCn1c(O)c2c(c1O)C1CC2C2=C(F)N=C(C(=O)OC)C(C(F)(F)F)C21)C(=O)O. The number of fused-ring (bicyclic) bond motifs is 8. The number of ether oxygens (including phenoxy) is 1. The average molecular weight is 503 g/mol. The van der Waals surface area contributed by atoms with Crippen molar-refractivity contribution in [3.63, 3.8) is 0 Å². The Hall–Kier alpha value is -3.09. The predicted octanol–water partition coefficient (Wildman–Crippen LogP) is 2.93. The standard InChI is InChI=1S/C22H25F4N3O6/c1-27-10(20(32)33)5-3-4-6-29-18(30)13-8-7-9(14(13)19(29)31)12-11(8)15(22(24,25)26)16(21(34)35-2)28-17(12)23/h8-11,15,27,30-31H,3-7H2,1-2H3,(H,32,33). The Morgan fingerprint density at radius 1 is 1.23 bits per heavy atom. The van der Waals surface area contributed by atoms with E-state index in [1.54, 1.807) is 0 Å². The summed E-state index contributed by atoms with van der Waals surface area (Å²) < 4.78 is 62.8. The third-order valence-electron chi connectivity index (χ3n) is 7.29. The molecule has 0 radical (unpaired) electrons. The first-order valence-electron chi connectivity index (χ1n) is 11.1. The second-order valence-corrected chi connectivity index (χ2v) is 8.98. The fourth-order valence-corrected chi connectivity index (χ4v) is 5.85. The number of alkyl halides is 3. The Balaban J connectivity index is 1.65. The van der Waals surface area contributed by atoms with Crippen LogP contribution in [-0.2, 0) is 20.9 Å². The van der Waals surface area contributed by atoms with Gasteiger partial charge in [-0.1, -0.05) is 0 Å². The van der Waals surface area contributed by atoms with Gasteiger partial charge in [-0.25, -0.2) is 9.79 Å². The van der Waals surface area contributed by atoms with E-state index in [4.69, 9.17) is 5.11 Å². The zero-order valence-corrected chi connectivity index (χ0v) is 18.9. The summed E-state index contributed by atoms with van der Waals surface area (Å²) in [6.07, 6.45) is -3.79. The van der Waals surface area contributed by atoms with Gasteiger partial charge in [0.05, 0.1) is 7.11 Å². The van der Waals surface area contributed by atoms with Crippen LogP contribution in [0.4, 0.5) is 17.6 Å². The number of rotatable bonds is 8. The number of methoxy groups -OCH3 is 1. The van der Waals surface area contributed by atoms with Gasteiger partial charge in [0.1, 0.15) is 17.7 Å². The Labute approximate surface area is 197 Å². The minimum Gasteiger partial charge on any atom is -0.494 e. The fourth-order valence-electron chi connectivity index (χ4n) is 5.85. The Morgan fingerprint density at radius 3 is 2.46 bits per heavy atom. The number of esters is 1. The maximum absolute atomic E-state index is 15.0. The molecule has 2 heterocycles. The number of carbonyl (C=O) groups excluding carboxylic acids is 1. The molecule has 0 amide bonds. The van der Waals surface area contributed by atoms with Crippen molar-refractivity contribution in [3.8, 4) is 11.8 Å². The first-order chi connectivity index (χ1) is 16.4. The number of carboxylic acids is 1. The third kappa shape index (κ3) is 3.85. The van der Waals surface area contributed by atoms with E-state index in [9.17, 15) is 37.4 Å². The molecule has 5 atom stereocenters. The first kappa shape index (κ1) is 25.0. The average Bonchev–Trinajstić information content (AvgIpc) is 3.42. The van der Waals surface area contributed by atoms with Crippen molar-refractivity contribution in [3.05, 3.63) is 22.7 Å². The molecule has 0 spiro atoms. The zero-order chi connectivity index (χ0) is 25.8. The monoisotopic (exact) mass is 503 g/mol. The molecule has 1 aromatic rings. The molecule has 192 valence electrons. The summed E-state index contributed by atoms with van der Waals surface area (Å²) in [6.45, 7) is 0.0823. The molecule has 1 aromatic heterocycles. The molecular weight excluding hydrogens is 478 g/mol. The normalized spacial score (nSPS) is 25.8. The second-order valence-electron chi connectivity index (χ2n) is 8.98. The molecule has 0 aromatic carbocycles. The number of allylic oxidation sites excluding steroid dienone is 1. The predicted molar refractivity (Wildman–Crippen MR) is 113 cm³/mol. The van der Waals surface area contributed by atoms with E-state index in [-0.39, 0.29) is 35.5 Å². The number of aliphatic imine (C=N–C) groups is 1. The highest BCUT2D eigenvalue weighted by Crippen LogP contribution is 2.68. The summed E-state index contributed by atoms with van der Waals surface area (Å²) in [4.78, 5) is 26.4. The number of hydrogen-bond donors (Lipinski definition) is 4. The lowest BCUT2D eigenvalue weighted by molar-refractivity contribution is -0.169. The van der Waals surface area contributed by atoms with Crippen molar-refractivity contribution in [2.45, 2.75) is 56.3 Å². The lowest BCUT2D eigenvalue weighted by Gasteiger charge is -2.36. The summed E-state index contributed by atoms with van der Waals surface area (Å²) in [5.74, 6) is -10.2. The molecule has 35 heavy (non-hydrogen) atoms. The van der Waals surface area contributed by atoms with Gasteiger partial charge in [0.25, 0.3) is 0 Å². The van der Waals surface area contributed by atoms with Crippen LogP contribution in [0.2, 0.25) is 0 Å². The molecule has 2 bridgehead atoms. The Kier molecular flexibility index (Phi) is 6.32. The lowest BCUT2D eigenvalue weighted by atomic mass is 9.71. The maximum Gasteiger partial charge on any atom is 0.398 e. The van der Waals surface area contributed by atoms with Crippen molar-refractivity contribution >= 4 is 17.7 Å². The second kappa shape index (κ2) is 8.85. The zero-order valence-electron chi connectivity index (χ0n) is 18.9. The van der Waals surface area contributed by atoms with E-state index in [1.807, 2.05) is 0 Å². The van der Waals surface area contributed by atoms with E-state index in [1.165, 1.54) is 7.05 Å². The number of likely N-dealkylation sites (N-methyl/N-ethyl adjacent to an activating group) is 1. The number of unbranched alkanes of at least 4 members (excludes halogenated alkanes) is 1. The van der Waals surface area contributed by atoms with Crippen LogP contribution < -0.4 is 5.32 Å². The maximum atomic E-state index is 15.0. The van der Waals surface area contributed by atoms with E-state index in [0.29, 0.717) is 19.3 Å². The van der Waals surface area contributed by atoms with Gasteiger partial charge in [0.2, 0.25) is 5.95 Å². The van der Waals surface area contributed by atoms with Crippen molar-refractivity contribution in [1.82, 2.24) is 9.88 Å². The topological polar surface area (TPSA) is 133 Å². The quantitative estimate of drug-likeness (QED) is 0.186. The Morgan fingerprint density at radius 2 is 1.89 bits per heavy atom. The molecule has 5 unspecified atom stereocenters. The largest absolute Gasteiger partial charge is 0.494 e. The third-order valence-corrected chi connectivity index (χ3v) is 7.29. The number of nitrogens with zero attached hydrogens (tertiary/aromatic N) is 2. The molecule has 1 saturated carbocycles. The summed E-state index contributed by atoms with van der Waals surface area (Å²) in [5, 5.41) is 33.4. The molecule has 4 rings (SSSR count). The molecule has 13 heteroatoms. The van der Waals surface area contributed by atoms with Crippen LogP contribution in [0.25, 0.3) is 0 Å². The highest BCUT2D eigenvalue weighted by Gasteiger charge is 2.64. The summed E-state index contributed by atoms with van der Waals surface area (Å²) in [6, 6.07) is -0.760. The van der Waals surface area contributed by atoms with Crippen molar-refractivity contribution in [2.75, 3.05) is 14.2 Å². The van der Waals surface area contributed by atoms with Gasteiger partial charge in [-0.2, -0.15) is 17.6 Å². The minimum absolute atomic E-state index is 0.0407. The van der Waals surface area contributed by atoms with E-state index in [0.717, 1.165) is 11.7 Å². The smallest absolute Gasteiger partial charge is 0.398 e. The number of carbonyl (C=O) groups is 2. The first-order valence-corrected chi connectivity index (χ1v) is 11.1. The number of nitrogens with one attached hydrogen (secondary N) is 1. The van der Waals surface area contributed by atoms with E-state index in [2.05, 4.69) is 15.0 Å². The van der Waals surface area contributed by atoms with Gasteiger partial charge in [0, 0.05) is 29.5 Å².